The maximum atomic E-state index is 12.5. The van der Waals surface area contributed by atoms with Crippen molar-refractivity contribution in [2.45, 2.75) is 25.6 Å². The third-order valence-corrected chi connectivity index (χ3v) is 5.83. The second-order valence-electron chi connectivity index (χ2n) is 7.10. The van der Waals surface area contributed by atoms with Crippen molar-refractivity contribution in [1.29, 1.82) is 0 Å². The topological polar surface area (TPSA) is 102 Å². The molecule has 0 saturated carbocycles. The summed E-state index contributed by atoms with van der Waals surface area (Å²) in [4.78, 5) is 12.5. The predicted octanol–water partition coefficient (Wildman–Crippen LogP) is 2.39. The molecule has 0 aliphatic carbocycles. The molecule has 31 heavy (non-hydrogen) atoms. The summed E-state index contributed by atoms with van der Waals surface area (Å²) in [5.74, 6) is 1.78. The summed E-state index contributed by atoms with van der Waals surface area (Å²) in [5.41, 5.74) is 3.33. The first kappa shape index (κ1) is 19.3. The Hall–Kier alpha value is -3.66. The highest BCUT2D eigenvalue weighted by atomic mass is 32.2. The molecule has 0 unspecified atom stereocenters. The number of nitrogens with zero attached hydrogens (tertiary/aromatic N) is 5. The number of fused-ring (bicyclic) bond motifs is 1. The van der Waals surface area contributed by atoms with Gasteiger partial charge in [0.2, 0.25) is 10.8 Å². The number of rotatable bonds is 5. The van der Waals surface area contributed by atoms with Gasteiger partial charge in [-0.1, -0.05) is 47.7 Å². The molecule has 0 amide bonds. The Kier molecular flexibility index (Phi) is 4.91. The largest absolute Gasteiger partial charge is 0.485 e. The first-order chi connectivity index (χ1) is 15.1. The Balaban J connectivity index is 1.48. The maximum Gasteiger partial charge on any atom is 0.437 e. The van der Waals surface area contributed by atoms with E-state index in [1.807, 2.05) is 62.4 Å². The van der Waals surface area contributed by atoms with Crippen LogP contribution in [0, 0.1) is 13.8 Å². The first-order valence-electron chi connectivity index (χ1n) is 9.64. The standard InChI is InChI=1S/C21H18N6O3S/c1-13-7-9-15(10-8-13)26-19(20(28)30-25-26)16-12-31-21-23-22-18(27(21)24-16)11-29-17-6-4-3-5-14(17)2/h3-10H,11-12H2,1-2H3/p+1. The molecule has 0 saturated heterocycles. The van der Waals surface area contributed by atoms with Crippen LogP contribution in [0.4, 0.5) is 0 Å². The number of para-hydroxylation sites is 1. The Labute approximate surface area is 181 Å². The van der Waals surface area contributed by atoms with Crippen molar-refractivity contribution in [3.8, 4) is 11.4 Å². The zero-order valence-corrected chi connectivity index (χ0v) is 17.7. The minimum Gasteiger partial charge on any atom is -0.485 e. The highest BCUT2D eigenvalue weighted by Gasteiger charge is 2.32. The van der Waals surface area contributed by atoms with Gasteiger partial charge in [0.05, 0.1) is 5.75 Å². The zero-order valence-electron chi connectivity index (χ0n) is 16.9. The summed E-state index contributed by atoms with van der Waals surface area (Å²) in [6.07, 6.45) is 0. The number of aromatic nitrogens is 5. The van der Waals surface area contributed by atoms with Gasteiger partial charge in [0.25, 0.3) is 0 Å². The van der Waals surface area contributed by atoms with Crippen molar-refractivity contribution >= 4 is 17.5 Å². The minimum absolute atomic E-state index is 0.203. The molecule has 10 heteroatoms. The average Bonchev–Trinajstić information content (AvgIpc) is 3.36. The highest BCUT2D eigenvalue weighted by molar-refractivity contribution is 7.99. The molecule has 0 fully saturated rings. The molecule has 2 aromatic carbocycles. The number of benzene rings is 2. The summed E-state index contributed by atoms with van der Waals surface area (Å²) < 4.78 is 14.2. The zero-order chi connectivity index (χ0) is 21.4. The van der Waals surface area contributed by atoms with Gasteiger partial charge in [-0.25, -0.2) is 4.79 Å². The highest BCUT2D eigenvalue weighted by Crippen LogP contribution is 2.24. The maximum absolute atomic E-state index is 12.5. The van der Waals surface area contributed by atoms with Gasteiger partial charge >= 0.3 is 11.3 Å². The molecule has 9 nitrogen and oxygen atoms in total. The van der Waals surface area contributed by atoms with Crippen LogP contribution in [-0.4, -0.2) is 31.6 Å². The van der Waals surface area contributed by atoms with Crippen molar-refractivity contribution in [2.24, 2.45) is 5.10 Å². The van der Waals surface area contributed by atoms with Gasteiger partial charge < -0.3 is 4.74 Å². The average molecular weight is 435 g/mol. The van der Waals surface area contributed by atoms with Crippen molar-refractivity contribution in [3.63, 3.8) is 0 Å². The van der Waals surface area contributed by atoms with E-state index in [1.54, 1.807) is 9.36 Å². The molecule has 5 rings (SSSR count). The predicted molar refractivity (Wildman–Crippen MR) is 114 cm³/mol. The van der Waals surface area contributed by atoms with Crippen LogP contribution in [0.15, 0.2) is 68.1 Å². The van der Waals surface area contributed by atoms with Gasteiger partial charge in [0.15, 0.2) is 11.5 Å². The van der Waals surface area contributed by atoms with Crippen LogP contribution in [0.2, 0.25) is 0 Å². The van der Waals surface area contributed by atoms with E-state index in [0.717, 1.165) is 22.6 Å². The molecular weight excluding hydrogens is 416 g/mol. The van der Waals surface area contributed by atoms with Crippen LogP contribution < -0.4 is 15.0 Å². The molecule has 156 valence electrons. The van der Waals surface area contributed by atoms with E-state index in [9.17, 15) is 4.79 Å². The van der Waals surface area contributed by atoms with Crippen LogP contribution in [-0.2, 0) is 6.61 Å². The molecule has 1 N–H and O–H groups in total. The lowest BCUT2D eigenvalue weighted by Crippen LogP contribution is -2.42. The van der Waals surface area contributed by atoms with Crippen LogP contribution in [0.1, 0.15) is 22.6 Å². The van der Waals surface area contributed by atoms with Gasteiger partial charge in [0, 0.05) is 12.1 Å². The minimum atomic E-state index is -0.492. The quantitative estimate of drug-likeness (QED) is 0.483. The fourth-order valence-electron chi connectivity index (χ4n) is 3.23. The Morgan fingerprint density at radius 3 is 2.77 bits per heavy atom. The molecule has 0 bridgehead atoms. The fourth-order valence-corrected chi connectivity index (χ4v) is 4.06. The Morgan fingerprint density at radius 1 is 1.16 bits per heavy atom. The van der Waals surface area contributed by atoms with E-state index in [1.165, 1.54) is 11.8 Å². The molecule has 1 aliphatic heterocycles. The molecule has 3 heterocycles. The third kappa shape index (κ3) is 3.66. The molecule has 0 atom stereocenters. The van der Waals surface area contributed by atoms with E-state index in [-0.39, 0.29) is 6.61 Å². The van der Waals surface area contributed by atoms with Crippen LogP contribution >= 0.6 is 11.8 Å². The lowest BCUT2D eigenvalue weighted by molar-refractivity contribution is -0.671. The smallest absolute Gasteiger partial charge is 0.437 e. The molecule has 2 aromatic heterocycles. The van der Waals surface area contributed by atoms with E-state index < -0.39 is 5.63 Å². The molecular formula is C21H19N6O3S+. The summed E-state index contributed by atoms with van der Waals surface area (Å²) in [6, 6.07) is 15.5. The van der Waals surface area contributed by atoms with Crippen LogP contribution in [0.25, 0.3) is 5.69 Å². The normalized spacial score (nSPS) is 13.0. The van der Waals surface area contributed by atoms with Gasteiger partial charge in [-0.2, -0.15) is 9.78 Å². The van der Waals surface area contributed by atoms with Gasteiger partial charge in [-0.15, -0.1) is 10.2 Å². The monoisotopic (exact) mass is 435 g/mol. The third-order valence-electron chi connectivity index (χ3n) is 4.90. The number of H-pyrrole nitrogens is 1. The van der Waals surface area contributed by atoms with Crippen molar-refractivity contribution in [2.75, 3.05) is 5.75 Å². The van der Waals surface area contributed by atoms with Crippen molar-refractivity contribution in [1.82, 2.24) is 20.1 Å². The molecule has 0 spiro atoms. The number of thioether (sulfide) groups is 1. The van der Waals surface area contributed by atoms with E-state index >= 15 is 0 Å². The van der Waals surface area contributed by atoms with Gasteiger partial charge in [-0.3, -0.25) is 4.52 Å². The number of nitrogens with one attached hydrogen (secondary N) is 1. The fraction of sp³-hybridized carbons (Fsp3) is 0.190. The second kappa shape index (κ2) is 7.88. The number of aromatic amines is 1. The summed E-state index contributed by atoms with van der Waals surface area (Å²) in [6.45, 7) is 4.19. The van der Waals surface area contributed by atoms with Gasteiger partial charge in [-0.05, 0) is 35.4 Å². The van der Waals surface area contributed by atoms with Crippen LogP contribution in [0.3, 0.4) is 0 Å². The SMILES string of the molecule is Cc1ccc(-[n+]2[nH]oc(=O)c2C2=Nn3c(COc4ccccc4C)nnc3SC2)cc1. The number of aryl methyl sites for hydroxylation is 2. The second-order valence-corrected chi connectivity index (χ2v) is 8.04. The molecule has 1 aliphatic rings. The lowest BCUT2D eigenvalue weighted by Gasteiger charge is -2.12. The summed E-state index contributed by atoms with van der Waals surface area (Å²) in [7, 11) is 0. The Bertz CT molecular complexity index is 1340. The lowest BCUT2D eigenvalue weighted by atomic mass is 10.2. The molecule has 4 aromatic rings. The first-order valence-corrected chi connectivity index (χ1v) is 10.6. The van der Waals surface area contributed by atoms with Crippen molar-refractivity contribution in [3.05, 3.63) is 81.6 Å². The number of hydrogen-bond acceptors (Lipinski definition) is 7. The van der Waals surface area contributed by atoms with Gasteiger partial charge in [0.1, 0.15) is 12.4 Å². The summed E-state index contributed by atoms with van der Waals surface area (Å²) in [5, 5.41) is 16.4. The van der Waals surface area contributed by atoms with Crippen molar-refractivity contribution < 1.29 is 13.9 Å². The van der Waals surface area contributed by atoms with E-state index in [0.29, 0.717) is 28.1 Å². The summed E-state index contributed by atoms with van der Waals surface area (Å²) >= 11 is 1.45. The Morgan fingerprint density at radius 2 is 1.97 bits per heavy atom. The molecule has 0 radical (unpaired) electrons. The number of ether oxygens (including phenoxy) is 1. The van der Waals surface area contributed by atoms with E-state index in [2.05, 4.69) is 20.6 Å². The van der Waals surface area contributed by atoms with E-state index in [4.69, 9.17) is 9.26 Å². The number of hydrogen-bond donors (Lipinski definition) is 1. The van der Waals surface area contributed by atoms with Crippen LogP contribution in [0.5, 0.6) is 5.75 Å².